The molecule has 6 nitrogen and oxygen atoms in total. The number of hydrogen-bond acceptors (Lipinski definition) is 3. The monoisotopic (exact) mass is 330 g/mol. The SMILES string of the molecule is Cc1nccn1-c1ccc(C(C)NC(=O)NC(C)C(C)CO)cc1. The van der Waals surface area contributed by atoms with E-state index in [-0.39, 0.29) is 30.6 Å². The Balaban J connectivity index is 1.96. The predicted octanol–water partition coefficient (Wildman–Crippen LogP) is 2.56. The van der Waals surface area contributed by atoms with Gasteiger partial charge in [0.1, 0.15) is 5.82 Å². The van der Waals surface area contributed by atoms with Gasteiger partial charge in [0.15, 0.2) is 0 Å². The lowest BCUT2D eigenvalue weighted by atomic mass is 10.1. The minimum atomic E-state index is -0.232. The van der Waals surface area contributed by atoms with Crippen LogP contribution in [0.4, 0.5) is 4.79 Å². The molecule has 3 atom stereocenters. The topological polar surface area (TPSA) is 79.2 Å². The van der Waals surface area contributed by atoms with Crippen LogP contribution in [0.5, 0.6) is 0 Å². The fraction of sp³-hybridized carbons (Fsp3) is 0.444. The highest BCUT2D eigenvalue weighted by molar-refractivity contribution is 5.74. The van der Waals surface area contributed by atoms with Crippen LogP contribution in [0.2, 0.25) is 0 Å². The van der Waals surface area contributed by atoms with Crippen molar-refractivity contribution >= 4 is 6.03 Å². The van der Waals surface area contributed by atoms with Gasteiger partial charge in [-0.15, -0.1) is 0 Å². The number of hydrogen-bond donors (Lipinski definition) is 3. The maximum atomic E-state index is 12.0. The molecule has 2 aromatic rings. The second-order valence-corrected chi connectivity index (χ2v) is 6.22. The van der Waals surface area contributed by atoms with Crippen LogP contribution < -0.4 is 10.6 Å². The molecule has 3 unspecified atom stereocenters. The van der Waals surface area contributed by atoms with Gasteiger partial charge >= 0.3 is 6.03 Å². The van der Waals surface area contributed by atoms with Crippen LogP contribution in [0.1, 0.15) is 38.2 Å². The Hall–Kier alpha value is -2.34. The third-order valence-electron chi connectivity index (χ3n) is 4.34. The number of aromatic nitrogens is 2. The number of urea groups is 1. The number of carbonyl (C=O) groups excluding carboxylic acids is 1. The van der Waals surface area contributed by atoms with Crippen molar-refractivity contribution in [3.63, 3.8) is 0 Å². The first kappa shape index (κ1) is 18.0. The van der Waals surface area contributed by atoms with Gasteiger partial charge in [0, 0.05) is 30.7 Å². The van der Waals surface area contributed by atoms with Gasteiger partial charge in [-0.05, 0) is 44.4 Å². The van der Waals surface area contributed by atoms with E-state index < -0.39 is 0 Å². The average Bonchev–Trinajstić information content (AvgIpc) is 3.00. The van der Waals surface area contributed by atoms with E-state index in [0.717, 1.165) is 17.1 Å². The number of rotatable bonds is 6. The largest absolute Gasteiger partial charge is 0.396 e. The molecule has 0 radical (unpaired) electrons. The van der Waals surface area contributed by atoms with Crippen LogP contribution in [0, 0.1) is 12.8 Å². The summed E-state index contributed by atoms with van der Waals surface area (Å²) in [5.41, 5.74) is 2.06. The molecule has 1 heterocycles. The van der Waals surface area contributed by atoms with E-state index in [2.05, 4.69) is 15.6 Å². The summed E-state index contributed by atoms with van der Waals surface area (Å²) >= 11 is 0. The quantitative estimate of drug-likeness (QED) is 0.761. The summed E-state index contributed by atoms with van der Waals surface area (Å²) in [6, 6.07) is 7.59. The molecular weight excluding hydrogens is 304 g/mol. The maximum Gasteiger partial charge on any atom is 0.315 e. The third kappa shape index (κ3) is 4.35. The summed E-state index contributed by atoms with van der Waals surface area (Å²) in [5.74, 6) is 0.948. The number of aliphatic hydroxyl groups excluding tert-OH is 1. The first-order valence-corrected chi connectivity index (χ1v) is 8.20. The van der Waals surface area contributed by atoms with Crippen molar-refractivity contribution in [3.05, 3.63) is 48.0 Å². The lowest BCUT2D eigenvalue weighted by Gasteiger charge is -2.22. The van der Waals surface area contributed by atoms with Gasteiger partial charge in [-0.1, -0.05) is 19.1 Å². The Morgan fingerprint density at radius 3 is 2.42 bits per heavy atom. The molecule has 130 valence electrons. The Kier molecular flexibility index (Phi) is 5.98. The van der Waals surface area contributed by atoms with Crippen molar-refractivity contribution in [2.24, 2.45) is 5.92 Å². The first-order valence-electron chi connectivity index (χ1n) is 8.20. The fourth-order valence-electron chi connectivity index (χ4n) is 2.40. The van der Waals surface area contributed by atoms with Crippen LogP contribution in [-0.2, 0) is 0 Å². The summed E-state index contributed by atoms with van der Waals surface area (Å²) in [6.07, 6.45) is 3.69. The summed E-state index contributed by atoms with van der Waals surface area (Å²) in [6.45, 7) is 7.72. The molecule has 2 rings (SSSR count). The van der Waals surface area contributed by atoms with Crippen LogP contribution in [0.3, 0.4) is 0 Å². The van der Waals surface area contributed by atoms with Gasteiger partial charge in [-0.25, -0.2) is 9.78 Å². The zero-order valence-corrected chi connectivity index (χ0v) is 14.7. The molecule has 6 heteroatoms. The molecule has 0 saturated heterocycles. The van der Waals surface area contributed by atoms with E-state index in [0.29, 0.717) is 0 Å². The number of imidazole rings is 1. The molecule has 2 amide bonds. The molecule has 0 aliphatic heterocycles. The Morgan fingerprint density at radius 1 is 1.21 bits per heavy atom. The molecule has 0 spiro atoms. The lowest BCUT2D eigenvalue weighted by molar-refractivity contribution is 0.199. The van der Waals surface area contributed by atoms with Gasteiger partial charge in [0.25, 0.3) is 0 Å². The number of amides is 2. The van der Waals surface area contributed by atoms with Gasteiger partial charge in [-0.2, -0.15) is 0 Å². The van der Waals surface area contributed by atoms with E-state index in [4.69, 9.17) is 5.11 Å². The highest BCUT2D eigenvalue weighted by atomic mass is 16.3. The second-order valence-electron chi connectivity index (χ2n) is 6.22. The fourth-order valence-corrected chi connectivity index (χ4v) is 2.40. The second kappa shape index (κ2) is 7.97. The highest BCUT2D eigenvalue weighted by Gasteiger charge is 2.15. The summed E-state index contributed by atoms with van der Waals surface area (Å²) < 4.78 is 2.01. The molecule has 0 fully saturated rings. The molecule has 0 saturated carbocycles. The van der Waals surface area contributed by atoms with E-state index in [1.165, 1.54) is 0 Å². The Morgan fingerprint density at radius 2 is 1.88 bits per heavy atom. The number of carbonyl (C=O) groups is 1. The van der Waals surface area contributed by atoms with Crippen molar-refractivity contribution in [2.45, 2.75) is 39.8 Å². The molecule has 1 aromatic carbocycles. The van der Waals surface area contributed by atoms with Gasteiger partial charge < -0.3 is 20.3 Å². The molecule has 0 aliphatic carbocycles. The number of aryl methyl sites for hydroxylation is 1. The number of benzene rings is 1. The normalized spacial score (nSPS) is 14.7. The molecule has 0 aliphatic rings. The number of nitrogens with zero attached hydrogens (tertiary/aromatic N) is 2. The van der Waals surface area contributed by atoms with E-state index in [1.807, 2.05) is 62.7 Å². The van der Waals surface area contributed by atoms with E-state index >= 15 is 0 Å². The lowest BCUT2D eigenvalue weighted by Crippen LogP contribution is -2.44. The van der Waals surface area contributed by atoms with Crippen molar-refractivity contribution in [1.29, 1.82) is 0 Å². The molecule has 24 heavy (non-hydrogen) atoms. The van der Waals surface area contributed by atoms with Crippen molar-refractivity contribution in [2.75, 3.05) is 6.61 Å². The molecule has 0 bridgehead atoms. The van der Waals surface area contributed by atoms with Crippen LogP contribution >= 0.6 is 0 Å². The standard InChI is InChI=1S/C18H26N4O2/c1-12(11-23)13(2)20-18(24)21-14(3)16-5-7-17(8-6-16)22-10-9-19-15(22)4/h5-10,12-14,23H,11H2,1-4H3,(H2,20,21,24). The summed E-state index contributed by atoms with van der Waals surface area (Å²) in [7, 11) is 0. The maximum absolute atomic E-state index is 12.0. The molecular formula is C18H26N4O2. The predicted molar refractivity (Wildman–Crippen MR) is 94.1 cm³/mol. The summed E-state index contributed by atoms with van der Waals surface area (Å²) in [4.78, 5) is 16.3. The van der Waals surface area contributed by atoms with E-state index in [1.54, 1.807) is 6.20 Å². The van der Waals surface area contributed by atoms with Crippen LogP contribution in [0.25, 0.3) is 5.69 Å². The van der Waals surface area contributed by atoms with Gasteiger partial charge in [0.05, 0.1) is 6.04 Å². The zero-order chi connectivity index (χ0) is 17.7. The van der Waals surface area contributed by atoms with Crippen LogP contribution in [0.15, 0.2) is 36.7 Å². The Bertz CT molecular complexity index is 666. The zero-order valence-electron chi connectivity index (χ0n) is 14.7. The number of nitrogens with one attached hydrogen (secondary N) is 2. The average molecular weight is 330 g/mol. The van der Waals surface area contributed by atoms with Crippen molar-refractivity contribution < 1.29 is 9.90 Å². The van der Waals surface area contributed by atoms with Crippen molar-refractivity contribution in [3.8, 4) is 5.69 Å². The Labute approximate surface area is 142 Å². The first-order chi connectivity index (χ1) is 11.4. The van der Waals surface area contributed by atoms with Crippen LogP contribution in [-0.4, -0.2) is 33.3 Å². The molecule has 1 aromatic heterocycles. The van der Waals surface area contributed by atoms with Crippen molar-refractivity contribution in [1.82, 2.24) is 20.2 Å². The van der Waals surface area contributed by atoms with Gasteiger partial charge in [-0.3, -0.25) is 0 Å². The third-order valence-corrected chi connectivity index (χ3v) is 4.34. The summed E-state index contributed by atoms with van der Waals surface area (Å²) in [5, 5.41) is 14.9. The minimum Gasteiger partial charge on any atom is -0.396 e. The van der Waals surface area contributed by atoms with Gasteiger partial charge in [0.2, 0.25) is 0 Å². The smallest absolute Gasteiger partial charge is 0.315 e. The highest BCUT2D eigenvalue weighted by Crippen LogP contribution is 2.16. The molecule has 3 N–H and O–H groups in total. The minimum absolute atomic E-state index is 0.0174. The number of aliphatic hydroxyl groups is 1. The van der Waals surface area contributed by atoms with E-state index in [9.17, 15) is 4.79 Å².